The molecule has 0 aliphatic heterocycles. The third-order valence-electron chi connectivity index (χ3n) is 3.85. The van der Waals surface area contributed by atoms with Gasteiger partial charge in [-0.25, -0.2) is 8.42 Å². The van der Waals surface area contributed by atoms with E-state index in [0.29, 0.717) is 22.0 Å². The van der Waals surface area contributed by atoms with Gasteiger partial charge in [0.15, 0.2) is 0 Å². The molecule has 0 bridgehead atoms. The van der Waals surface area contributed by atoms with Gasteiger partial charge in [0.2, 0.25) is 0 Å². The number of anilines is 2. The molecule has 0 saturated carbocycles. The minimum Gasteiger partial charge on any atom is -0.321 e. The summed E-state index contributed by atoms with van der Waals surface area (Å²) in [4.78, 5) is 12.4. The van der Waals surface area contributed by atoms with E-state index in [1.165, 1.54) is 24.3 Å². The zero-order chi connectivity index (χ0) is 19.4. The van der Waals surface area contributed by atoms with Gasteiger partial charge in [-0.15, -0.1) is 0 Å². The Morgan fingerprint density at radius 1 is 0.889 bits per heavy atom. The van der Waals surface area contributed by atoms with Crippen LogP contribution in [0.1, 0.15) is 15.9 Å². The summed E-state index contributed by atoms with van der Waals surface area (Å²) in [7, 11) is -3.74. The zero-order valence-corrected chi connectivity index (χ0v) is 16.0. The smallest absolute Gasteiger partial charge is 0.261 e. The Balaban J connectivity index is 1.75. The number of carbonyl (C=O) groups is 1. The minimum absolute atomic E-state index is 0.0670. The van der Waals surface area contributed by atoms with Crippen molar-refractivity contribution < 1.29 is 13.2 Å². The van der Waals surface area contributed by atoms with Crippen LogP contribution in [0.5, 0.6) is 0 Å². The van der Waals surface area contributed by atoms with E-state index in [2.05, 4.69) is 10.0 Å². The van der Waals surface area contributed by atoms with Crippen LogP contribution in [0.15, 0.2) is 77.7 Å². The van der Waals surface area contributed by atoms with Gasteiger partial charge in [-0.3, -0.25) is 9.52 Å². The second-order valence-electron chi connectivity index (χ2n) is 5.93. The topological polar surface area (TPSA) is 75.3 Å². The summed E-state index contributed by atoms with van der Waals surface area (Å²) in [5.41, 5.74) is 2.32. The lowest BCUT2D eigenvalue weighted by Crippen LogP contribution is -2.15. The van der Waals surface area contributed by atoms with Crippen LogP contribution in [-0.4, -0.2) is 14.3 Å². The second kappa shape index (κ2) is 7.82. The van der Waals surface area contributed by atoms with E-state index >= 15 is 0 Å². The molecule has 3 aromatic rings. The van der Waals surface area contributed by atoms with Crippen LogP contribution >= 0.6 is 11.6 Å². The van der Waals surface area contributed by atoms with Gasteiger partial charge in [-0.1, -0.05) is 41.4 Å². The van der Waals surface area contributed by atoms with Crippen LogP contribution in [0.4, 0.5) is 11.4 Å². The number of sulfonamides is 1. The molecule has 2 N–H and O–H groups in total. The largest absolute Gasteiger partial charge is 0.321 e. The van der Waals surface area contributed by atoms with Crippen LogP contribution in [0.3, 0.4) is 0 Å². The van der Waals surface area contributed by atoms with Gasteiger partial charge in [-0.2, -0.15) is 0 Å². The molecule has 0 spiro atoms. The molecule has 5 nitrogen and oxygen atoms in total. The Bertz CT molecular complexity index is 1060. The van der Waals surface area contributed by atoms with Crippen molar-refractivity contribution in [1.82, 2.24) is 0 Å². The fourth-order valence-electron chi connectivity index (χ4n) is 2.38. The summed E-state index contributed by atoms with van der Waals surface area (Å²) in [5.74, 6) is -0.376. The third kappa shape index (κ3) is 4.67. The molecule has 7 heteroatoms. The van der Waals surface area contributed by atoms with E-state index in [0.717, 1.165) is 5.56 Å². The van der Waals surface area contributed by atoms with Gasteiger partial charge in [0.05, 0.1) is 15.6 Å². The first-order chi connectivity index (χ1) is 12.8. The van der Waals surface area contributed by atoms with Gasteiger partial charge in [0, 0.05) is 11.3 Å². The maximum absolute atomic E-state index is 12.5. The average Bonchev–Trinajstić information content (AvgIpc) is 2.65. The molecular weight excluding hydrogens is 384 g/mol. The zero-order valence-electron chi connectivity index (χ0n) is 14.4. The molecule has 0 aliphatic rings. The van der Waals surface area contributed by atoms with Gasteiger partial charge in [-0.05, 0) is 55.5 Å². The summed E-state index contributed by atoms with van der Waals surface area (Å²) < 4.78 is 27.5. The highest BCUT2D eigenvalue weighted by Crippen LogP contribution is 2.22. The Hall–Kier alpha value is -2.83. The van der Waals surface area contributed by atoms with Crippen LogP contribution in [0.2, 0.25) is 5.02 Å². The molecule has 0 saturated heterocycles. The Labute approximate surface area is 163 Å². The molecule has 0 aromatic heterocycles. The molecule has 0 unspecified atom stereocenters. The average molecular weight is 401 g/mol. The number of rotatable bonds is 5. The SMILES string of the molecule is Cc1ccc(NS(=O)(=O)c2ccc(C(=O)Nc3ccccc3Cl)cc2)cc1. The number of para-hydroxylation sites is 1. The van der Waals surface area contributed by atoms with Crippen molar-refractivity contribution in [3.8, 4) is 0 Å². The number of hydrogen-bond donors (Lipinski definition) is 2. The van der Waals surface area contributed by atoms with Crippen LogP contribution < -0.4 is 10.0 Å². The molecule has 0 fully saturated rings. The van der Waals surface area contributed by atoms with Crippen molar-refractivity contribution in [1.29, 1.82) is 0 Å². The van der Waals surface area contributed by atoms with Crippen molar-refractivity contribution in [2.24, 2.45) is 0 Å². The standard InChI is InChI=1S/C20H17ClN2O3S/c1-14-6-10-16(11-7-14)23-27(25,26)17-12-8-15(9-13-17)20(24)22-19-5-3-2-4-18(19)21/h2-13,23H,1H3,(H,22,24). The third-order valence-corrected chi connectivity index (χ3v) is 5.58. The second-order valence-corrected chi connectivity index (χ2v) is 8.02. The first-order valence-electron chi connectivity index (χ1n) is 8.10. The number of amides is 1. The van der Waals surface area contributed by atoms with Crippen molar-refractivity contribution in [2.45, 2.75) is 11.8 Å². The lowest BCUT2D eigenvalue weighted by molar-refractivity contribution is 0.102. The monoisotopic (exact) mass is 400 g/mol. The summed E-state index contributed by atoms with van der Waals surface area (Å²) in [5, 5.41) is 3.12. The van der Waals surface area contributed by atoms with Gasteiger partial charge in [0.1, 0.15) is 0 Å². The summed E-state index contributed by atoms with van der Waals surface area (Å²) in [6, 6.07) is 19.6. The number of carbonyl (C=O) groups excluding carboxylic acids is 1. The normalized spacial score (nSPS) is 11.0. The van der Waals surface area contributed by atoms with E-state index < -0.39 is 10.0 Å². The molecule has 0 aliphatic carbocycles. The predicted octanol–water partition coefficient (Wildman–Crippen LogP) is 4.70. The molecule has 138 valence electrons. The van der Waals surface area contributed by atoms with E-state index in [1.807, 2.05) is 19.1 Å². The van der Waals surface area contributed by atoms with E-state index in [4.69, 9.17) is 11.6 Å². The van der Waals surface area contributed by atoms with Crippen molar-refractivity contribution in [2.75, 3.05) is 10.0 Å². The molecule has 1 amide bonds. The highest BCUT2D eigenvalue weighted by atomic mass is 35.5. The van der Waals surface area contributed by atoms with Crippen molar-refractivity contribution in [3.63, 3.8) is 0 Å². The molecular formula is C20H17ClN2O3S. The fourth-order valence-corrected chi connectivity index (χ4v) is 3.62. The maximum Gasteiger partial charge on any atom is 0.261 e. The number of nitrogens with one attached hydrogen (secondary N) is 2. The molecule has 3 rings (SSSR count). The van der Waals surface area contributed by atoms with E-state index in [9.17, 15) is 13.2 Å². The first kappa shape index (κ1) is 18.9. The van der Waals surface area contributed by atoms with Gasteiger partial charge in [0.25, 0.3) is 15.9 Å². The molecule has 3 aromatic carbocycles. The lowest BCUT2D eigenvalue weighted by atomic mass is 10.2. The first-order valence-corrected chi connectivity index (χ1v) is 9.97. The van der Waals surface area contributed by atoms with Crippen molar-refractivity contribution >= 4 is 38.9 Å². The Morgan fingerprint density at radius 2 is 1.52 bits per heavy atom. The van der Waals surface area contributed by atoms with Crippen LogP contribution in [0, 0.1) is 6.92 Å². The minimum atomic E-state index is -3.74. The molecule has 0 atom stereocenters. The van der Waals surface area contributed by atoms with E-state index in [-0.39, 0.29) is 10.8 Å². The molecule has 0 heterocycles. The highest BCUT2D eigenvalue weighted by Gasteiger charge is 2.15. The van der Waals surface area contributed by atoms with Crippen LogP contribution in [0.25, 0.3) is 0 Å². The Morgan fingerprint density at radius 3 is 2.15 bits per heavy atom. The van der Waals surface area contributed by atoms with Gasteiger partial charge >= 0.3 is 0 Å². The maximum atomic E-state index is 12.5. The Kier molecular flexibility index (Phi) is 5.48. The summed E-state index contributed by atoms with van der Waals surface area (Å²) in [6.07, 6.45) is 0. The predicted molar refractivity (Wildman–Crippen MR) is 108 cm³/mol. The number of hydrogen-bond acceptors (Lipinski definition) is 3. The lowest BCUT2D eigenvalue weighted by Gasteiger charge is -2.10. The summed E-state index contributed by atoms with van der Waals surface area (Å²) >= 11 is 6.03. The van der Waals surface area contributed by atoms with Gasteiger partial charge < -0.3 is 5.32 Å². The fraction of sp³-hybridized carbons (Fsp3) is 0.0500. The van der Waals surface area contributed by atoms with E-state index in [1.54, 1.807) is 36.4 Å². The van der Waals surface area contributed by atoms with Crippen molar-refractivity contribution in [3.05, 3.63) is 88.9 Å². The highest BCUT2D eigenvalue weighted by molar-refractivity contribution is 7.92. The molecule has 0 radical (unpaired) electrons. The number of aryl methyl sites for hydroxylation is 1. The number of halogens is 1. The molecule has 27 heavy (non-hydrogen) atoms. The number of benzene rings is 3. The summed E-state index contributed by atoms with van der Waals surface area (Å²) in [6.45, 7) is 1.92. The van der Waals surface area contributed by atoms with Crippen LogP contribution in [-0.2, 0) is 10.0 Å². The quantitative estimate of drug-likeness (QED) is 0.651.